The largest absolute Gasteiger partial charge is 0.348 e. The second-order valence-corrected chi connectivity index (χ2v) is 15.8. The van der Waals surface area contributed by atoms with Gasteiger partial charge in [0.05, 0.1) is 0 Å². The van der Waals surface area contributed by atoms with Crippen LogP contribution in [0.3, 0.4) is 0 Å². The van der Waals surface area contributed by atoms with Crippen molar-refractivity contribution in [3.63, 3.8) is 0 Å². The summed E-state index contributed by atoms with van der Waals surface area (Å²) in [5.74, 6) is 0. The van der Waals surface area contributed by atoms with Crippen LogP contribution in [0, 0.1) is 0 Å². The predicted molar refractivity (Wildman–Crippen MR) is 110 cm³/mol. The molecule has 0 aromatic heterocycles. The minimum Gasteiger partial charge on any atom is -0.281 e. The highest BCUT2D eigenvalue weighted by atomic mass is 31.2. The molecule has 18 heteroatoms. The van der Waals surface area contributed by atoms with Crippen molar-refractivity contribution in [3.8, 4) is 0 Å². The van der Waals surface area contributed by atoms with Crippen LogP contribution in [0.25, 0.3) is 0 Å². The molecule has 0 aromatic rings. The normalized spacial score (nSPS) is 26.7. The van der Waals surface area contributed by atoms with Crippen molar-refractivity contribution < 1.29 is 54.5 Å². The summed E-state index contributed by atoms with van der Waals surface area (Å²) in [6.45, 7) is 1.03. The molecule has 14 nitrogen and oxygen atoms in total. The Hall–Kier alpha value is 0.520. The minimum atomic E-state index is -3.14. The molecule has 0 unspecified atom stereocenters. The highest BCUT2D eigenvalue weighted by Crippen LogP contribution is 2.61. The standard InChI is InChI=1S/C14H28N2O12P4/c17-29(21-11-22-29)7-15(8-30(18)23-12-24-30)5-3-1-2-4-6-16(9-31(19)25-13-26-31)10-32(20)27-14-28-32/h1-14H2. The molecule has 0 amide bonds. The first-order chi connectivity index (χ1) is 15.2. The Labute approximate surface area is 186 Å². The Balaban J connectivity index is 1.17. The van der Waals surface area contributed by atoms with Crippen molar-refractivity contribution in [2.75, 3.05) is 65.4 Å². The summed E-state index contributed by atoms with van der Waals surface area (Å²) in [5.41, 5.74) is 0. The first-order valence-electron chi connectivity index (χ1n) is 10.2. The second kappa shape index (κ2) is 10.6. The SMILES string of the molecule is O=P1(CN(CCCCCCN(CP2(=O)OCO2)CP2(=O)OCO2)CP2(=O)OCO2)OCO1. The van der Waals surface area contributed by atoms with Gasteiger partial charge in [-0.2, -0.15) is 0 Å². The zero-order valence-corrected chi connectivity index (χ0v) is 21.1. The average molecular weight is 540 g/mol. The Morgan fingerprint density at radius 2 is 0.688 bits per heavy atom. The third-order valence-electron chi connectivity index (χ3n) is 5.19. The van der Waals surface area contributed by atoms with Gasteiger partial charge in [0.1, 0.15) is 25.1 Å². The zero-order valence-electron chi connectivity index (χ0n) is 17.5. The van der Waals surface area contributed by atoms with Crippen molar-refractivity contribution in [3.05, 3.63) is 0 Å². The van der Waals surface area contributed by atoms with E-state index in [4.69, 9.17) is 36.2 Å². The fourth-order valence-corrected chi connectivity index (χ4v) is 8.64. The third kappa shape index (κ3) is 7.03. The average Bonchev–Trinajstić information content (AvgIpc) is 2.65. The molecule has 32 heavy (non-hydrogen) atoms. The first kappa shape index (κ1) is 25.6. The van der Waals surface area contributed by atoms with Crippen LogP contribution in [0.15, 0.2) is 0 Å². The molecule has 4 rings (SSSR count). The van der Waals surface area contributed by atoms with Crippen LogP contribution in [0.4, 0.5) is 0 Å². The van der Waals surface area contributed by atoms with E-state index in [1.54, 1.807) is 9.80 Å². The van der Waals surface area contributed by atoms with Crippen LogP contribution < -0.4 is 0 Å². The van der Waals surface area contributed by atoms with E-state index in [1.165, 1.54) is 0 Å². The van der Waals surface area contributed by atoms with E-state index >= 15 is 0 Å². The summed E-state index contributed by atoms with van der Waals surface area (Å²) >= 11 is 0. The molecule has 0 bridgehead atoms. The van der Waals surface area contributed by atoms with Crippen LogP contribution in [-0.4, -0.2) is 75.2 Å². The number of rotatable bonds is 15. The van der Waals surface area contributed by atoms with E-state index in [0.29, 0.717) is 13.1 Å². The Kier molecular flexibility index (Phi) is 8.52. The van der Waals surface area contributed by atoms with E-state index in [0.717, 1.165) is 25.7 Å². The highest BCUT2D eigenvalue weighted by Gasteiger charge is 2.42. The number of hydrogen-bond acceptors (Lipinski definition) is 14. The van der Waals surface area contributed by atoms with E-state index in [2.05, 4.69) is 0 Å². The lowest BCUT2D eigenvalue weighted by Gasteiger charge is -2.35. The van der Waals surface area contributed by atoms with Gasteiger partial charge in [0.15, 0.2) is 27.2 Å². The molecule has 0 saturated carbocycles. The fraction of sp³-hybridized carbons (Fsp3) is 1.00. The van der Waals surface area contributed by atoms with Crippen molar-refractivity contribution in [2.24, 2.45) is 0 Å². The van der Waals surface area contributed by atoms with Crippen molar-refractivity contribution >= 4 is 30.4 Å². The monoisotopic (exact) mass is 540 g/mol. The molecule has 4 saturated heterocycles. The van der Waals surface area contributed by atoms with E-state index in [9.17, 15) is 18.3 Å². The van der Waals surface area contributed by atoms with Gasteiger partial charge in [0.2, 0.25) is 0 Å². The van der Waals surface area contributed by atoms with Gasteiger partial charge in [0, 0.05) is 0 Å². The maximum atomic E-state index is 12.2. The quantitative estimate of drug-likeness (QED) is 0.219. The zero-order chi connectivity index (χ0) is 22.7. The summed E-state index contributed by atoms with van der Waals surface area (Å²) in [6.07, 6.45) is 3.27. The molecule has 4 aliphatic heterocycles. The third-order valence-corrected chi connectivity index (χ3v) is 12.2. The number of unbranched alkanes of at least 4 members (excludes halogenated alkanes) is 3. The highest BCUT2D eigenvalue weighted by molar-refractivity contribution is 7.56. The van der Waals surface area contributed by atoms with Crippen molar-refractivity contribution in [1.82, 2.24) is 9.80 Å². The maximum Gasteiger partial charge on any atom is 0.348 e. The van der Waals surface area contributed by atoms with Gasteiger partial charge in [-0.1, -0.05) is 12.8 Å². The van der Waals surface area contributed by atoms with Gasteiger partial charge in [-0.25, -0.2) is 0 Å². The molecule has 0 aromatic carbocycles. The van der Waals surface area contributed by atoms with Crippen LogP contribution in [0.5, 0.6) is 0 Å². The van der Waals surface area contributed by atoms with Crippen LogP contribution in [0.1, 0.15) is 25.7 Å². The lowest BCUT2D eigenvalue weighted by atomic mass is 10.2. The minimum absolute atomic E-state index is 0.00169. The van der Waals surface area contributed by atoms with Gasteiger partial charge in [-0.05, 0) is 25.9 Å². The molecule has 186 valence electrons. The Morgan fingerprint density at radius 1 is 0.438 bits per heavy atom. The van der Waals surface area contributed by atoms with Crippen molar-refractivity contribution in [2.45, 2.75) is 25.7 Å². The Bertz CT molecular complexity index is 698. The Morgan fingerprint density at radius 3 is 0.875 bits per heavy atom. The molecule has 4 aliphatic rings. The molecule has 0 spiro atoms. The molecule has 0 aliphatic carbocycles. The van der Waals surface area contributed by atoms with Gasteiger partial charge >= 0.3 is 30.4 Å². The fourth-order valence-electron chi connectivity index (χ4n) is 3.38. The molecular formula is C14H28N2O12P4. The topological polar surface area (TPSA) is 149 Å². The van der Waals surface area contributed by atoms with Gasteiger partial charge in [-0.3, -0.25) is 64.2 Å². The van der Waals surface area contributed by atoms with E-state index in [-0.39, 0.29) is 52.3 Å². The summed E-state index contributed by atoms with van der Waals surface area (Å²) in [7, 11) is -12.6. The van der Waals surface area contributed by atoms with E-state index in [1.807, 2.05) is 0 Å². The summed E-state index contributed by atoms with van der Waals surface area (Å²) < 4.78 is 89.1. The predicted octanol–water partition coefficient (Wildman–Crippen LogP) is 3.77. The van der Waals surface area contributed by atoms with Gasteiger partial charge < -0.3 is 0 Å². The molecule has 0 radical (unpaired) electrons. The lowest BCUT2D eigenvalue weighted by Crippen LogP contribution is -2.33. The summed E-state index contributed by atoms with van der Waals surface area (Å²) in [5, 5.41) is 0. The lowest BCUT2D eigenvalue weighted by molar-refractivity contribution is -0.00591. The van der Waals surface area contributed by atoms with E-state index < -0.39 is 30.4 Å². The van der Waals surface area contributed by atoms with Crippen molar-refractivity contribution in [1.29, 1.82) is 0 Å². The second-order valence-electron chi connectivity index (χ2n) is 7.72. The van der Waals surface area contributed by atoms with Crippen LogP contribution in [0.2, 0.25) is 0 Å². The summed E-state index contributed by atoms with van der Waals surface area (Å²) in [6, 6.07) is 0. The molecule has 0 atom stereocenters. The number of nitrogens with zero attached hydrogens (tertiary/aromatic N) is 2. The molecule has 4 fully saturated rings. The van der Waals surface area contributed by atoms with Crippen LogP contribution >= 0.6 is 30.4 Å². The summed E-state index contributed by atoms with van der Waals surface area (Å²) in [4.78, 5) is 3.44. The van der Waals surface area contributed by atoms with Crippen LogP contribution in [-0.2, 0) is 54.5 Å². The molecule has 0 N–H and O–H groups in total. The molecule has 4 heterocycles. The van der Waals surface area contributed by atoms with Gasteiger partial charge in [-0.15, -0.1) is 0 Å². The smallest absolute Gasteiger partial charge is 0.281 e. The molecular weight excluding hydrogens is 512 g/mol. The first-order valence-corrected chi connectivity index (χ1v) is 17.1. The van der Waals surface area contributed by atoms with Gasteiger partial charge in [0.25, 0.3) is 0 Å². The number of hydrogen-bond donors (Lipinski definition) is 0. The maximum absolute atomic E-state index is 12.2.